The van der Waals surface area contributed by atoms with E-state index in [4.69, 9.17) is 4.74 Å². The Bertz CT molecular complexity index is 368. The molecule has 7 heteroatoms. The number of carbonyl (C=O) groups excluding carboxylic acids is 2. The number of amides is 3. The van der Waals surface area contributed by atoms with Crippen molar-refractivity contribution in [3.63, 3.8) is 0 Å². The lowest BCUT2D eigenvalue weighted by Gasteiger charge is -2.31. The number of hydrogen-bond acceptors (Lipinski definition) is 4. The summed E-state index contributed by atoms with van der Waals surface area (Å²) in [6.45, 7) is 12.3. The first-order valence-corrected chi connectivity index (χ1v) is 8.68. The van der Waals surface area contributed by atoms with Crippen molar-refractivity contribution in [1.82, 2.24) is 20.4 Å². The zero-order valence-electron chi connectivity index (χ0n) is 14.9. The molecular formula is C16H32N4O3. The summed E-state index contributed by atoms with van der Waals surface area (Å²) < 4.78 is 4.99. The second-order valence-electron chi connectivity index (χ2n) is 6.08. The van der Waals surface area contributed by atoms with Gasteiger partial charge in [-0.05, 0) is 40.2 Å². The van der Waals surface area contributed by atoms with Gasteiger partial charge >= 0.3 is 12.1 Å². The van der Waals surface area contributed by atoms with Crippen LogP contribution in [0.5, 0.6) is 0 Å². The molecule has 1 rings (SSSR count). The highest BCUT2D eigenvalue weighted by Crippen LogP contribution is 2.11. The molecule has 3 amide bonds. The van der Waals surface area contributed by atoms with E-state index in [0.717, 1.165) is 25.9 Å². The monoisotopic (exact) mass is 328 g/mol. The molecule has 1 aliphatic heterocycles. The van der Waals surface area contributed by atoms with Gasteiger partial charge in [0.25, 0.3) is 0 Å². The number of carbonyl (C=O) groups is 2. The normalized spacial score (nSPS) is 15.8. The molecule has 0 saturated carbocycles. The Kier molecular flexibility index (Phi) is 8.76. The smallest absolute Gasteiger partial charge is 0.409 e. The van der Waals surface area contributed by atoms with Crippen LogP contribution in [0.3, 0.4) is 0 Å². The summed E-state index contributed by atoms with van der Waals surface area (Å²) in [7, 11) is 0. The van der Waals surface area contributed by atoms with Crippen LogP contribution < -0.4 is 10.6 Å². The minimum Gasteiger partial charge on any atom is -0.450 e. The highest BCUT2D eigenvalue weighted by atomic mass is 16.6. The zero-order valence-corrected chi connectivity index (χ0v) is 14.9. The molecule has 134 valence electrons. The number of ether oxygens (including phenoxy) is 1. The predicted octanol–water partition coefficient (Wildman–Crippen LogP) is 1.64. The van der Waals surface area contributed by atoms with Crippen molar-refractivity contribution in [2.75, 3.05) is 39.3 Å². The predicted molar refractivity (Wildman–Crippen MR) is 90.5 cm³/mol. The topological polar surface area (TPSA) is 73.9 Å². The fraction of sp³-hybridized carbons (Fsp3) is 0.875. The first-order valence-electron chi connectivity index (χ1n) is 8.68. The van der Waals surface area contributed by atoms with E-state index < -0.39 is 0 Å². The van der Waals surface area contributed by atoms with Crippen LogP contribution >= 0.6 is 0 Å². The number of urea groups is 1. The number of hydrogen-bond donors (Lipinski definition) is 2. The summed E-state index contributed by atoms with van der Waals surface area (Å²) >= 11 is 0. The number of nitrogens with zero attached hydrogens (tertiary/aromatic N) is 2. The van der Waals surface area contributed by atoms with Crippen molar-refractivity contribution in [3.8, 4) is 0 Å². The molecule has 0 bridgehead atoms. The summed E-state index contributed by atoms with van der Waals surface area (Å²) in [5.41, 5.74) is 0. The third-order valence-corrected chi connectivity index (χ3v) is 4.18. The Hall–Kier alpha value is -1.50. The van der Waals surface area contributed by atoms with Gasteiger partial charge in [0.1, 0.15) is 0 Å². The molecule has 0 radical (unpaired) electrons. The van der Waals surface area contributed by atoms with Gasteiger partial charge in [0.05, 0.1) is 6.61 Å². The summed E-state index contributed by atoms with van der Waals surface area (Å²) in [5.74, 6) is 0. The first-order chi connectivity index (χ1) is 11.0. The van der Waals surface area contributed by atoms with Crippen molar-refractivity contribution in [1.29, 1.82) is 0 Å². The lowest BCUT2D eigenvalue weighted by molar-refractivity contribution is 0.0957. The summed E-state index contributed by atoms with van der Waals surface area (Å²) in [6.07, 6.45) is 1.27. The van der Waals surface area contributed by atoms with E-state index in [0.29, 0.717) is 32.3 Å². The van der Waals surface area contributed by atoms with Crippen LogP contribution in [0.2, 0.25) is 0 Å². The number of piperidine rings is 1. The average Bonchev–Trinajstić information content (AvgIpc) is 2.52. The Balaban J connectivity index is 2.20. The molecule has 23 heavy (non-hydrogen) atoms. The van der Waals surface area contributed by atoms with Crippen molar-refractivity contribution in [2.45, 2.75) is 52.6 Å². The lowest BCUT2D eigenvalue weighted by Crippen LogP contribution is -2.50. The fourth-order valence-electron chi connectivity index (χ4n) is 2.75. The summed E-state index contributed by atoms with van der Waals surface area (Å²) in [4.78, 5) is 27.5. The molecule has 0 atom stereocenters. The molecule has 0 aromatic heterocycles. The zero-order chi connectivity index (χ0) is 17.2. The van der Waals surface area contributed by atoms with Crippen LogP contribution in [0.1, 0.15) is 40.5 Å². The Morgan fingerprint density at radius 1 is 1.26 bits per heavy atom. The number of rotatable bonds is 7. The van der Waals surface area contributed by atoms with E-state index in [1.54, 1.807) is 11.8 Å². The van der Waals surface area contributed by atoms with Gasteiger partial charge in [0.2, 0.25) is 0 Å². The SMILES string of the molecule is CCOC(=O)N1CCC(NC(=O)NCCN(CC)C(C)C)CC1. The van der Waals surface area contributed by atoms with Gasteiger partial charge in [-0.15, -0.1) is 0 Å². The molecule has 1 heterocycles. The Labute approximate surface area is 139 Å². The van der Waals surface area contributed by atoms with E-state index in [1.807, 2.05) is 0 Å². The van der Waals surface area contributed by atoms with Crippen LogP contribution in [0.15, 0.2) is 0 Å². The second kappa shape index (κ2) is 10.3. The molecule has 0 unspecified atom stereocenters. The summed E-state index contributed by atoms with van der Waals surface area (Å²) in [5, 5.41) is 5.89. The van der Waals surface area contributed by atoms with Crippen LogP contribution in [-0.2, 0) is 4.74 Å². The van der Waals surface area contributed by atoms with Gasteiger partial charge in [-0.1, -0.05) is 6.92 Å². The largest absolute Gasteiger partial charge is 0.450 e. The van der Waals surface area contributed by atoms with Crippen LogP contribution in [-0.4, -0.2) is 73.3 Å². The van der Waals surface area contributed by atoms with Crippen LogP contribution in [0, 0.1) is 0 Å². The third kappa shape index (κ3) is 7.07. The maximum atomic E-state index is 11.9. The van der Waals surface area contributed by atoms with E-state index in [9.17, 15) is 9.59 Å². The Morgan fingerprint density at radius 2 is 1.91 bits per heavy atom. The van der Waals surface area contributed by atoms with Gasteiger partial charge in [-0.3, -0.25) is 4.90 Å². The molecule has 1 aliphatic rings. The molecular weight excluding hydrogens is 296 g/mol. The van der Waals surface area contributed by atoms with Crippen molar-refractivity contribution >= 4 is 12.1 Å². The van der Waals surface area contributed by atoms with Crippen LogP contribution in [0.4, 0.5) is 9.59 Å². The van der Waals surface area contributed by atoms with E-state index in [1.165, 1.54) is 0 Å². The molecule has 1 fully saturated rings. The minimum absolute atomic E-state index is 0.119. The average molecular weight is 328 g/mol. The maximum absolute atomic E-state index is 11.9. The van der Waals surface area contributed by atoms with Gasteiger partial charge in [0.15, 0.2) is 0 Å². The molecule has 0 spiro atoms. The van der Waals surface area contributed by atoms with Crippen molar-refractivity contribution in [2.24, 2.45) is 0 Å². The third-order valence-electron chi connectivity index (χ3n) is 4.18. The second-order valence-corrected chi connectivity index (χ2v) is 6.08. The molecule has 1 saturated heterocycles. The van der Waals surface area contributed by atoms with E-state index in [2.05, 4.69) is 36.3 Å². The fourth-order valence-corrected chi connectivity index (χ4v) is 2.75. The molecule has 0 aromatic rings. The van der Waals surface area contributed by atoms with Gasteiger partial charge < -0.3 is 20.3 Å². The Morgan fingerprint density at radius 3 is 2.43 bits per heavy atom. The number of likely N-dealkylation sites (N-methyl/N-ethyl adjacent to an activating group) is 1. The van der Waals surface area contributed by atoms with Crippen molar-refractivity contribution < 1.29 is 14.3 Å². The van der Waals surface area contributed by atoms with E-state index in [-0.39, 0.29) is 18.2 Å². The van der Waals surface area contributed by atoms with E-state index >= 15 is 0 Å². The summed E-state index contributed by atoms with van der Waals surface area (Å²) in [6, 6.07) is 0.476. The van der Waals surface area contributed by atoms with Gasteiger partial charge in [-0.2, -0.15) is 0 Å². The van der Waals surface area contributed by atoms with Gasteiger partial charge in [-0.25, -0.2) is 9.59 Å². The molecule has 2 N–H and O–H groups in total. The molecule has 7 nitrogen and oxygen atoms in total. The first kappa shape index (κ1) is 19.5. The maximum Gasteiger partial charge on any atom is 0.409 e. The highest BCUT2D eigenvalue weighted by molar-refractivity contribution is 5.74. The minimum atomic E-state index is -0.260. The number of nitrogens with one attached hydrogen (secondary N) is 2. The van der Waals surface area contributed by atoms with Crippen LogP contribution in [0.25, 0.3) is 0 Å². The molecule has 0 aliphatic carbocycles. The van der Waals surface area contributed by atoms with Crippen molar-refractivity contribution in [3.05, 3.63) is 0 Å². The standard InChI is InChI=1S/C16H32N4O3/c1-5-19(13(3)4)12-9-17-15(21)18-14-7-10-20(11-8-14)16(22)23-6-2/h13-14H,5-12H2,1-4H3,(H2,17,18,21). The number of likely N-dealkylation sites (tertiary alicyclic amines) is 1. The molecule has 0 aromatic carbocycles. The lowest BCUT2D eigenvalue weighted by atomic mass is 10.1. The highest BCUT2D eigenvalue weighted by Gasteiger charge is 2.24. The quantitative estimate of drug-likeness (QED) is 0.745. The van der Waals surface area contributed by atoms with Gasteiger partial charge in [0, 0.05) is 38.3 Å².